The molecule has 0 saturated carbocycles. The van der Waals surface area contributed by atoms with E-state index in [4.69, 9.17) is 0 Å². The number of allylic oxidation sites excluding steroid dienone is 7. The van der Waals surface area contributed by atoms with Gasteiger partial charge in [-0.3, -0.25) is 0 Å². The third-order valence-corrected chi connectivity index (χ3v) is 3.77. The highest BCUT2D eigenvalue weighted by Gasteiger charge is 2.15. The third-order valence-electron chi connectivity index (χ3n) is 3.77. The van der Waals surface area contributed by atoms with Crippen LogP contribution < -0.4 is 5.32 Å². The van der Waals surface area contributed by atoms with Crippen LogP contribution >= 0.6 is 0 Å². The van der Waals surface area contributed by atoms with Crippen LogP contribution in [-0.2, 0) is 0 Å². The van der Waals surface area contributed by atoms with E-state index in [1.54, 1.807) is 6.08 Å². The van der Waals surface area contributed by atoms with Crippen LogP contribution in [0.5, 0.6) is 0 Å². The van der Waals surface area contributed by atoms with Crippen molar-refractivity contribution < 1.29 is 0 Å². The van der Waals surface area contributed by atoms with Gasteiger partial charge in [0.1, 0.15) is 0 Å². The lowest BCUT2D eigenvalue weighted by molar-refractivity contribution is 0.516. The maximum atomic E-state index is 3.89. The highest BCUT2D eigenvalue weighted by atomic mass is 14.8. The molecule has 0 aliphatic carbocycles. The topological polar surface area (TPSA) is 12.0 Å². The summed E-state index contributed by atoms with van der Waals surface area (Å²) in [5.74, 6) is 0. The molecule has 1 nitrogen and oxygen atoms in total. The largest absolute Gasteiger partial charge is 0.388 e. The Hall–Kier alpha value is -2.28. The van der Waals surface area contributed by atoms with Crippen LogP contribution in [0.25, 0.3) is 11.3 Å². The number of benzene rings is 1. The van der Waals surface area contributed by atoms with E-state index in [1.165, 1.54) is 5.57 Å². The summed E-state index contributed by atoms with van der Waals surface area (Å²) in [5, 5.41) is 3.33. The van der Waals surface area contributed by atoms with E-state index >= 15 is 0 Å². The van der Waals surface area contributed by atoms with Crippen LogP contribution in [0.2, 0.25) is 0 Å². The number of hydrogen-bond acceptors (Lipinski definition) is 1. The molecule has 27 heavy (non-hydrogen) atoms. The van der Waals surface area contributed by atoms with Crippen molar-refractivity contribution in [2.45, 2.75) is 55.4 Å². The number of nitrogens with one attached hydrogen (secondary N) is 1. The van der Waals surface area contributed by atoms with Crippen molar-refractivity contribution in [1.82, 2.24) is 5.32 Å². The molecule has 0 aliphatic rings. The molecule has 0 atom stereocenters. The average molecular weight is 368 g/mol. The molecule has 0 aromatic heterocycles. The first-order chi connectivity index (χ1) is 12.9. The summed E-state index contributed by atoms with van der Waals surface area (Å²) in [6.45, 7) is 24.4. The van der Waals surface area contributed by atoms with Gasteiger partial charge in [0.25, 0.3) is 0 Å². The molecule has 0 unspecified atom stereocenters. The minimum absolute atomic E-state index is 0.115. The molecular formula is C26H41N. The lowest BCUT2D eigenvalue weighted by Gasteiger charge is -2.21. The smallest absolute Gasteiger partial charge is 0.0414 e. The monoisotopic (exact) mass is 367 g/mol. The summed E-state index contributed by atoms with van der Waals surface area (Å²) in [6.07, 6.45) is 10.0. The molecule has 1 aromatic carbocycles. The molecule has 1 N–H and O–H groups in total. The van der Waals surface area contributed by atoms with E-state index in [2.05, 4.69) is 82.6 Å². The minimum Gasteiger partial charge on any atom is -0.388 e. The molecule has 0 radical (unpaired) electrons. The van der Waals surface area contributed by atoms with E-state index in [-0.39, 0.29) is 5.41 Å². The fraction of sp³-hybridized carbons (Fsp3) is 0.385. The van der Waals surface area contributed by atoms with E-state index in [0.717, 1.165) is 22.4 Å². The van der Waals surface area contributed by atoms with Gasteiger partial charge in [0.05, 0.1) is 0 Å². The van der Waals surface area contributed by atoms with Gasteiger partial charge in [-0.1, -0.05) is 104 Å². The molecule has 1 rings (SSSR count). The lowest BCUT2D eigenvalue weighted by Crippen LogP contribution is -2.11. The summed E-state index contributed by atoms with van der Waals surface area (Å²) in [6, 6.07) is 8.46. The maximum absolute atomic E-state index is 3.89. The van der Waals surface area contributed by atoms with Gasteiger partial charge in [-0.15, -0.1) is 0 Å². The van der Waals surface area contributed by atoms with Crippen LogP contribution in [0, 0.1) is 5.41 Å². The Morgan fingerprint density at radius 3 is 1.96 bits per heavy atom. The quantitative estimate of drug-likeness (QED) is 0.501. The van der Waals surface area contributed by atoms with E-state index < -0.39 is 0 Å². The second-order valence-electron chi connectivity index (χ2n) is 6.44. The van der Waals surface area contributed by atoms with Gasteiger partial charge in [0, 0.05) is 12.7 Å². The summed E-state index contributed by atoms with van der Waals surface area (Å²) < 4.78 is 0. The molecule has 1 heteroatoms. The van der Waals surface area contributed by atoms with E-state index in [0.29, 0.717) is 0 Å². The first-order valence-corrected chi connectivity index (χ1v) is 9.99. The van der Waals surface area contributed by atoms with Gasteiger partial charge >= 0.3 is 0 Å². The van der Waals surface area contributed by atoms with Crippen molar-refractivity contribution in [2.75, 3.05) is 7.05 Å². The van der Waals surface area contributed by atoms with Crippen molar-refractivity contribution in [3.8, 4) is 0 Å². The maximum Gasteiger partial charge on any atom is 0.0414 e. The lowest BCUT2D eigenvalue weighted by atomic mass is 9.85. The van der Waals surface area contributed by atoms with Crippen LogP contribution in [0.3, 0.4) is 0 Å². The van der Waals surface area contributed by atoms with Crippen molar-refractivity contribution in [1.29, 1.82) is 0 Å². The normalized spacial score (nSPS) is 12.1. The molecule has 0 spiro atoms. The van der Waals surface area contributed by atoms with Gasteiger partial charge in [0.2, 0.25) is 0 Å². The second kappa shape index (κ2) is 14.8. The van der Waals surface area contributed by atoms with Gasteiger partial charge in [-0.2, -0.15) is 0 Å². The summed E-state index contributed by atoms with van der Waals surface area (Å²) >= 11 is 0. The first-order valence-electron chi connectivity index (χ1n) is 9.99. The Labute approximate surface area is 169 Å². The van der Waals surface area contributed by atoms with Crippen LogP contribution in [0.4, 0.5) is 0 Å². The zero-order chi connectivity index (χ0) is 21.5. The molecule has 0 aliphatic heterocycles. The Morgan fingerprint density at radius 1 is 1.00 bits per heavy atom. The highest BCUT2D eigenvalue weighted by Crippen LogP contribution is 2.29. The standard InChI is InChI=1S/C22H29N.2C2H6/c1-8-12-17(9-2)18-13-11-14-19(15-18)21(23-7)16-20(10-3)22(4,5)6;2*1-2/h8-16,23H,1-2H2,3-7H3;2*1-2H3/b17-12+,20-10+,21-16-;;. The zero-order valence-electron chi connectivity index (χ0n) is 19.1. The zero-order valence-corrected chi connectivity index (χ0v) is 19.1. The molecule has 0 saturated heterocycles. The molecule has 0 bridgehead atoms. The van der Waals surface area contributed by atoms with E-state index in [1.807, 2.05) is 46.9 Å². The number of hydrogen-bond donors (Lipinski definition) is 1. The summed E-state index contributed by atoms with van der Waals surface area (Å²) in [5.41, 5.74) is 5.89. The van der Waals surface area contributed by atoms with Gasteiger partial charge in [-0.25, -0.2) is 0 Å². The van der Waals surface area contributed by atoms with Gasteiger partial charge in [0.15, 0.2) is 0 Å². The molecular weight excluding hydrogens is 326 g/mol. The van der Waals surface area contributed by atoms with Gasteiger partial charge < -0.3 is 5.32 Å². The van der Waals surface area contributed by atoms with Gasteiger partial charge in [-0.05, 0) is 46.8 Å². The minimum atomic E-state index is 0.115. The van der Waals surface area contributed by atoms with Crippen molar-refractivity contribution in [2.24, 2.45) is 5.41 Å². The SMILES string of the molecule is C=C/C=C(\C=C)c1cccc(/C(=C/C(=C\C)C(C)(C)C)NC)c1.CC.CC. The van der Waals surface area contributed by atoms with Crippen LogP contribution in [0.15, 0.2) is 73.4 Å². The van der Waals surface area contributed by atoms with E-state index in [9.17, 15) is 0 Å². The second-order valence-corrected chi connectivity index (χ2v) is 6.44. The summed E-state index contributed by atoms with van der Waals surface area (Å²) in [7, 11) is 1.96. The Bertz CT molecular complexity index is 649. The predicted octanol–water partition coefficient (Wildman–Crippen LogP) is 8.05. The molecule has 0 heterocycles. The van der Waals surface area contributed by atoms with Crippen molar-refractivity contribution >= 4 is 11.3 Å². The van der Waals surface area contributed by atoms with Crippen molar-refractivity contribution in [3.05, 3.63) is 84.5 Å². The first kappa shape index (κ1) is 26.9. The molecule has 0 amide bonds. The Morgan fingerprint density at radius 2 is 1.56 bits per heavy atom. The fourth-order valence-electron chi connectivity index (χ4n) is 2.46. The van der Waals surface area contributed by atoms with Crippen LogP contribution in [-0.4, -0.2) is 7.05 Å². The Balaban J connectivity index is 0. The Kier molecular flexibility index (Phi) is 14.8. The highest BCUT2D eigenvalue weighted by molar-refractivity contribution is 5.78. The predicted molar refractivity (Wildman–Crippen MR) is 128 cm³/mol. The molecule has 150 valence electrons. The number of rotatable bonds is 6. The van der Waals surface area contributed by atoms with Crippen LogP contribution in [0.1, 0.15) is 66.5 Å². The fourth-order valence-corrected chi connectivity index (χ4v) is 2.46. The van der Waals surface area contributed by atoms with Crippen molar-refractivity contribution in [3.63, 3.8) is 0 Å². The molecule has 0 fully saturated rings. The molecule has 1 aromatic rings. The average Bonchev–Trinajstić information content (AvgIpc) is 2.69. The summed E-state index contributed by atoms with van der Waals surface area (Å²) in [4.78, 5) is 0. The third kappa shape index (κ3) is 9.28.